The van der Waals surface area contributed by atoms with Crippen molar-refractivity contribution in [2.24, 2.45) is 0 Å². The van der Waals surface area contributed by atoms with Crippen molar-refractivity contribution in [3.8, 4) is 0 Å². The summed E-state index contributed by atoms with van der Waals surface area (Å²) in [6, 6.07) is 11.5. The van der Waals surface area contributed by atoms with E-state index in [1.54, 1.807) is 17.0 Å². The highest BCUT2D eigenvalue weighted by atomic mass is 35.5. The van der Waals surface area contributed by atoms with Gasteiger partial charge in [-0.3, -0.25) is 4.79 Å². The van der Waals surface area contributed by atoms with Gasteiger partial charge in [0.1, 0.15) is 5.76 Å². The first-order valence-corrected chi connectivity index (χ1v) is 10.2. The Balaban J connectivity index is 1.42. The van der Waals surface area contributed by atoms with Crippen LogP contribution in [-0.4, -0.2) is 25.4 Å². The number of ketones is 1. The van der Waals surface area contributed by atoms with Crippen molar-refractivity contribution in [3.63, 3.8) is 0 Å². The molecule has 6 nitrogen and oxygen atoms in total. The Morgan fingerprint density at radius 1 is 1.18 bits per heavy atom. The highest BCUT2D eigenvalue weighted by Gasteiger charge is 2.30. The number of carbonyl (C=O) groups excluding carboxylic acids is 1. The fourth-order valence-corrected chi connectivity index (χ4v) is 4.52. The largest absolute Gasteiger partial charge is 0.469 e. The molecule has 0 N–H and O–H groups in total. The molecular formula is C20H15ClN4O2S. The predicted octanol–water partition coefficient (Wildman–Crippen LogP) is 4.58. The summed E-state index contributed by atoms with van der Waals surface area (Å²) in [5, 5.41) is 5.79. The number of carbonyl (C=O) groups is 1. The third-order valence-electron chi connectivity index (χ3n) is 4.82. The summed E-state index contributed by atoms with van der Waals surface area (Å²) in [5.74, 6) is 2.04. The minimum Gasteiger partial charge on any atom is -0.469 e. The van der Waals surface area contributed by atoms with Crippen LogP contribution in [0.3, 0.4) is 0 Å². The Morgan fingerprint density at radius 2 is 2.07 bits per heavy atom. The van der Waals surface area contributed by atoms with E-state index in [-0.39, 0.29) is 11.7 Å². The summed E-state index contributed by atoms with van der Waals surface area (Å²) in [4.78, 5) is 21.7. The van der Waals surface area contributed by atoms with Gasteiger partial charge in [0.25, 0.3) is 5.78 Å². The molecule has 5 rings (SSSR count). The lowest BCUT2D eigenvalue weighted by Crippen LogP contribution is -2.21. The fourth-order valence-electron chi connectivity index (χ4n) is 3.41. The molecule has 0 saturated carbocycles. The van der Waals surface area contributed by atoms with Crippen molar-refractivity contribution in [2.45, 2.75) is 29.7 Å². The number of halogens is 1. The SMILES string of the molecule is O=C1C[C@H](c2ccco2)Cc2nc3nc(SCc4ccccc4Cl)nn3cc21. The molecule has 140 valence electrons. The maximum absolute atomic E-state index is 12.6. The van der Waals surface area contributed by atoms with Crippen LogP contribution in [0.1, 0.15) is 39.7 Å². The summed E-state index contributed by atoms with van der Waals surface area (Å²) in [6.45, 7) is 0. The van der Waals surface area contributed by atoms with Crippen molar-refractivity contribution < 1.29 is 9.21 Å². The third-order valence-corrected chi connectivity index (χ3v) is 6.08. The van der Waals surface area contributed by atoms with E-state index in [2.05, 4.69) is 15.1 Å². The molecule has 0 radical (unpaired) electrons. The van der Waals surface area contributed by atoms with Crippen LogP contribution in [0.25, 0.3) is 5.78 Å². The summed E-state index contributed by atoms with van der Waals surface area (Å²) in [5.41, 5.74) is 2.39. The second kappa shape index (κ2) is 7.07. The number of aromatic nitrogens is 4. The summed E-state index contributed by atoms with van der Waals surface area (Å²) < 4.78 is 7.07. The number of furan rings is 1. The number of fused-ring (bicyclic) bond motifs is 2. The average molecular weight is 411 g/mol. The first-order chi connectivity index (χ1) is 13.7. The number of hydrogen-bond donors (Lipinski definition) is 0. The van der Waals surface area contributed by atoms with E-state index in [0.717, 1.165) is 22.0 Å². The number of rotatable bonds is 4. The second-order valence-electron chi connectivity index (χ2n) is 6.66. The van der Waals surface area contributed by atoms with Crippen molar-refractivity contribution in [1.29, 1.82) is 0 Å². The Hall–Kier alpha value is -2.64. The number of Topliss-reactive ketones (excluding diaryl/α,β-unsaturated/α-hetero) is 1. The molecule has 3 heterocycles. The molecule has 0 amide bonds. The molecule has 8 heteroatoms. The highest BCUT2D eigenvalue weighted by Crippen LogP contribution is 2.32. The second-order valence-corrected chi connectivity index (χ2v) is 8.01. The van der Waals surface area contributed by atoms with Crippen molar-refractivity contribution in [1.82, 2.24) is 19.6 Å². The molecule has 0 bridgehead atoms. The zero-order valence-electron chi connectivity index (χ0n) is 14.7. The van der Waals surface area contributed by atoms with Gasteiger partial charge in [-0.25, -0.2) is 9.50 Å². The molecule has 1 atom stereocenters. The van der Waals surface area contributed by atoms with E-state index in [1.165, 1.54) is 11.8 Å². The highest BCUT2D eigenvalue weighted by molar-refractivity contribution is 7.98. The molecule has 0 aliphatic heterocycles. The van der Waals surface area contributed by atoms with Gasteiger partial charge in [-0.15, -0.1) is 5.10 Å². The van der Waals surface area contributed by atoms with Crippen LogP contribution in [0.4, 0.5) is 0 Å². The number of hydrogen-bond acceptors (Lipinski definition) is 6. The van der Waals surface area contributed by atoms with Crippen LogP contribution >= 0.6 is 23.4 Å². The van der Waals surface area contributed by atoms with Gasteiger partial charge in [-0.1, -0.05) is 41.6 Å². The van der Waals surface area contributed by atoms with Gasteiger partial charge in [0.05, 0.1) is 17.5 Å². The first-order valence-electron chi connectivity index (χ1n) is 8.86. The smallest absolute Gasteiger partial charge is 0.253 e. The molecule has 28 heavy (non-hydrogen) atoms. The van der Waals surface area contributed by atoms with E-state index in [9.17, 15) is 4.79 Å². The molecule has 3 aromatic heterocycles. The third kappa shape index (κ3) is 3.21. The van der Waals surface area contributed by atoms with Crippen LogP contribution in [0.5, 0.6) is 0 Å². The monoisotopic (exact) mass is 410 g/mol. The quantitative estimate of drug-likeness (QED) is 0.458. The minimum absolute atomic E-state index is 0.0157. The standard InChI is InChI=1S/C20H15ClN4O2S/c21-15-5-2-1-4-12(15)11-28-20-23-19-22-16-8-13(18-6-3-7-27-18)9-17(26)14(16)10-25(19)24-20/h1-7,10,13H,8-9,11H2/t13-/m1/s1. The first kappa shape index (κ1) is 17.5. The van der Waals surface area contributed by atoms with Crippen LogP contribution in [0.2, 0.25) is 5.02 Å². The van der Waals surface area contributed by atoms with Gasteiger partial charge in [0.15, 0.2) is 5.78 Å². The van der Waals surface area contributed by atoms with Gasteiger partial charge < -0.3 is 4.42 Å². The normalized spacial score (nSPS) is 16.5. The van der Waals surface area contributed by atoms with Gasteiger partial charge in [0.2, 0.25) is 5.16 Å². The Bertz CT molecular complexity index is 1170. The van der Waals surface area contributed by atoms with Gasteiger partial charge in [0, 0.05) is 35.7 Å². The van der Waals surface area contributed by atoms with Crippen molar-refractivity contribution in [2.75, 3.05) is 0 Å². The molecule has 4 aromatic rings. The fraction of sp³-hybridized carbons (Fsp3) is 0.200. The zero-order chi connectivity index (χ0) is 19.1. The molecular weight excluding hydrogens is 396 g/mol. The van der Waals surface area contributed by atoms with Gasteiger partial charge in [-0.05, 0) is 23.8 Å². The van der Waals surface area contributed by atoms with E-state index >= 15 is 0 Å². The van der Waals surface area contributed by atoms with Crippen molar-refractivity contribution >= 4 is 34.9 Å². The number of benzene rings is 1. The Morgan fingerprint density at radius 3 is 2.89 bits per heavy atom. The van der Waals surface area contributed by atoms with Crippen LogP contribution < -0.4 is 0 Å². The van der Waals surface area contributed by atoms with Crippen molar-refractivity contribution in [3.05, 3.63) is 76.5 Å². The molecule has 0 fully saturated rings. The lowest BCUT2D eigenvalue weighted by Gasteiger charge is -2.20. The van der Waals surface area contributed by atoms with Gasteiger partial charge >= 0.3 is 0 Å². The average Bonchev–Trinajstić information content (AvgIpc) is 3.35. The maximum Gasteiger partial charge on any atom is 0.253 e. The molecule has 1 aromatic carbocycles. The molecule has 1 aliphatic carbocycles. The Labute approximate surface area is 169 Å². The molecule has 0 spiro atoms. The van der Waals surface area contributed by atoms with E-state index in [4.69, 9.17) is 16.0 Å². The Kier molecular flexibility index (Phi) is 4.41. The van der Waals surface area contributed by atoms with Gasteiger partial charge in [-0.2, -0.15) is 4.98 Å². The maximum atomic E-state index is 12.6. The molecule has 1 aliphatic rings. The topological polar surface area (TPSA) is 73.3 Å². The van der Waals surface area contributed by atoms with Crippen LogP contribution in [0, 0.1) is 0 Å². The van der Waals surface area contributed by atoms with E-state index in [1.807, 2.05) is 36.4 Å². The van der Waals surface area contributed by atoms with Crippen LogP contribution in [0.15, 0.2) is 58.4 Å². The summed E-state index contributed by atoms with van der Waals surface area (Å²) >= 11 is 7.70. The zero-order valence-corrected chi connectivity index (χ0v) is 16.3. The number of nitrogens with zero attached hydrogens (tertiary/aromatic N) is 4. The number of thioether (sulfide) groups is 1. The summed E-state index contributed by atoms with van der Waals surface area (Å²) in [7, 11) is 0. The minimum atomic E-state index is 0.0157. The molecule has 0 saturated heterocycles. The lowest BCUT2D eigenvalue weighted by atomic mass is 9.85. The van der Waals surface area contributed by atoms with Crippen LogP contribution in [-0.2, 0) is 12.2 Å². The van der Waals surface area contributed by atoms with E-state index in [0.29, 0.717) is 35.1 Å². The molecule has 0 unspecified atom stereocenters. The lowest BCUT2D eigenvalue weighted by molar-refractivity contribution is 0.0958. The van der Waals surface area contributed by atoms with E-state index < -0.39 is 0 Å². The summed E-state index contributed by atoms with van der Waals surface area (Å²) in [6.07, 6.45) is 4.44. The predicted molar refractivity (Wildman–Crippen MR) is 106 cm³/mol.